The fraction of sp³-hybridized carbons (Fsp3) is 0.571. The van der Waals surface area contributed by atoms with Crippen LogP contribution in [0.3, 0.4) is 0 Å². The second-order valence-corrected chi connectivity index (χ2v) is 8.35. The van der Waals surface area contributed by atoms with Gasteiger partial charge in [0.1, 0.15) is 0 Å². The van der Waals surface area contributed by atoms with Crippen molar-refractivity contribution in [2.24, 2.45) is 5.41 Å². The summed E-state index contributed by atoms with van der Waals surface area (Å²) in [5.74, 6) is -1.06. The van der Waals surface area contributed by atoms with Crippen LogP contribution in [0.15, 0.2) is 18.2 Å². The van der Waals surface area contributed by atoms with E-state index in [-0.39, 0.29) is 24.7 Å². The molecule has 4 rings (SSSR count). The van der Waals surface area contributed by atoms with Gasteiger partial charge in [-0.15, -0.1) is 0 Å². The summed E-state index contributed by atoms with van der Waals surface area (Å²) in [7, 11) is 0. The van der Waals surface area contributed by atoms with Gasteiger partial charge in [-0.1, -0.05) is 26.2 Å². The highest BCUT2D eigenvalue weighted by atomic mass is 16.6. The van der Waals surface area contributed by atoms with E-state index in [9.17, 15) is 24.5 Å². The number of nitrogens with zero attached hydrogens (tertiary/aromatic N) is 3. The molecule has 0 aliphatic carbocycles. The molecule has 0 aromatic heterocycles. The van der Waals surface area contributed by atoms with Gasteiger partial charge in [-0.05, 0) is 30.9 Å². The van der Waals surface area contributed by atoms with Crippen molar-refractivity contribution < 1.29 is 19.3 Å². The molecule has 1 N–H and O–H groups in total. The van der Waals surface area contributed by atoms with E-state index in [1.807, 2.05) is 6.92 Å². The van der Waals surface area contributed by atoms with E-state index in [0.29, 0.717) is 24.9 Å². The zero-order chi connectivity index (χ0) is 21.5. The Morgan fingerprint density at radius 2 is 2.03 bits per heavy atom. The molecule has 1 aromatic rings. The summed E-state index contributed by atoms with van der Waals surface area (Å²) in [6.07, 6.45) is 4.96. The number of carbonyl (C=O) groups is 3. The summed E-state index contributed by atoms with van der Waals surface area (Å²) in [6, 6.07) is 3.61. The maximum Gasteiger partial charge on any atom is 0.330 e. The van der Waals surface area contributed by atoms with Crippen molar-refractivity contribution in [3.8, 4) is 0 Å². The number of nitrogens with one attached hydrogen (secondary N) is 1. The quantitative estimate of drug-likeness (QED) is 0.460. The molecular weight excluding hydrogens is 388 g/mol. The van der Waals surface area contributed by atoms with Gasteiger partial charge in [0.15, 0.2) is 5.41 Å². The summed E-state index contributed by atoms with van der Waals surface area (Å²) in [6.45, 7) is 2.89. The molecule has 0 radical (unpaired) electrons. The maximum absolute atomic E-state index is 13.7. The molecule has 160 valence electrons. The van der Waals surface area contributed by atoms with Gasteiger partial charge in [-0.3, -0.25) is 29.9 Å². The first kappa shape index (κ1) is 20.3. The molecule has 1 aromatic carbocycles. The van der Waals surface area contributed by atoms with Crippen molar-refractivity contribution in [3.05, 3.63) is 33.9 Å². The van der Waals surface area contributed by atoms with Gasteiger partial charge in [-0.2, -0.15) is 0 Å². The number of barbiturate groups is 1. The van der Waals surface area contributed by atoms with Crippen LogP contribution in [0, 0.1) is 15.5 Å². The van der Waals surface area contributed by atoms with Gasteiger partial charge < -0.3 is 4.90 Å². The van der Waals surface area contributed by atoms with Crippen LogP contribution in [0.25, 0.3) is 0 Å². The molecule has 3 aliphatic rings. The van der Waals surface area contributed by atoms with E-state index in [1.54, 1.807) is 6.07 Å². The maximum atomic E-state index is 13.7. The Kier molecular flexibility index (Phi) is 5.21. The van der Waals surface area contributed by atoms with Crippen LogP contribution < -0.4 is 10.2 Å². The molecule has 9 nitrogen and oxygen atoms in total. The Labute approximate surface area is 174 Å². The van der Waals surface area contributed by atoms with Crippen molar-refractivity contribution in [3.63, 3.8) is 0 Å². The standard InChI is InChI=1S/C21H26N4O5/c1-2-3-10-24-19(27)21(18(26)22-20(24)28)13-14-12-15(25(29)30)8-9-16(14)23-11-6-4-5-7-17(21)23/h8-9,12,17H,2-7,10-11,13H2,1H3,(H,22,26,28). The Morgan fingerprint density at radius 1 is 1.23 bits per heavy atom. The highest BCUT2D eigenvalue weighted by Gasteiger charge is 2.61. The minimum absolute atomic E-state index is 0.0613. The minimum Gasteiger partial charge on any atom is -0.367 e. The first-order valence-corrected chi connectivity index (χ1v) is 10.6. The molecule has 9 heteroatoms. The van der Waals surface area contributed by atoms with E-state index >= 15 is 0 Å². The number of amides is 4. The lowest BCUT2D eigenvalue weighted by molar-refractivity contribution is -0.384. The molecule has 2 saturated heterocycles. The van der Waals surface area contributed by atoms with Crippen LogP contribution in [0.1, 0.15) is 51.0 Å². The third kappa shape index (κ3) is 3.03. The van der Waals surface area contributed by atoms with Gasteiger partial charge in [0.2, 0.25) is 11.8 Å². The van der Waals surface area contributed by atoms with Crippen molar-refractivity contribution in [2.75, 3.05) is 18.0 Å². The van der Waals surface area contributed by atoms with Crippen LogP contribution in [0.5, 0.6) is 0 Å². The van der Waals surface area contributed by atoms with Gasteiger partial charge in [0, 0.05) is 37.3 Å². The molecule has 0 bridgehead atoms. The molecule has 3 heterocycles. The molecule has 2 atom stereocenters. The Hall–Kier alpha value is -2.97. The van der Waals surface area contributed by atoms with Crippen molar-refractivity contribution in [1.29, 1.82) is 0 Å². The zero-order valence-corrected chi connectivity index (χ0v) is 17.1. The molecule has 2 fully saturated rings. The number of carbonyl (C=O) groups excluding carboxylic acids is 3. The Morgan fingerprint density at radius 3 is 2.77 bits per heavy atom. The minimum atomic E-state index is -1.45. The normalized spacial score (nSPS) is 26.2. The third-order valence-electron chi connectivity index (χ3n) is 6.61. The van der Waals surface area contributed by atoms with Crippen LogP contribution >= 0.6 is 0 Å². The molecule has 0 saturated carbocycles. The zero-order valence-electron chi connectivity index (χ0n) is 17.1. The number of hydrogen-bond donors (Lipinski definition) is 1. The van der Waals surface area contributed by atoms with Gasteiger partial charge >= 0.3 is 6.03 Å². The molecular formula is C21H26N4O5. The number of urea groups is 1. The summed E-state index contributed by atoms with van der Waals surface area (Å²) < 4.78 is 0. The van der Waals surface area contributed by atoms with Crippen molar-refractivity contribution in [2.45, 2.75) is 57.9 Å². The van der Waals surface area contributed by atoms with Gasteiger partial charge in [0.05, 0.1) is 11.0 Å². The number of anilines is 1. The number of benzene rings is 1. The average Bonchev–Trinajstić information content (AvgIpc) is 2.98. The number of hydrogen-bond acceptors (Lipinski definition) is 6. The first-order chi connectivity index (χ1) is 14.4. The summed E-state index contributed by atoms with van der Waals surface area (Å²) in [5.41, 5.74) is -0.0695. The molecule has 30 heavy (non-hydrogen) atoms. The molecule has 1 spiro atoms. The predicted molar refractivity (Wildman–Crippen MR) is 109 cm³/mol. The summed E-state index contributed by atoms with van der Waals surface area (Å²) in [4.78, 5) is 53.5. The highest BCUT2D eigenvalue weighted by Crippen LogP contribution is 2.47. The Bertz CT molecular complexity index is 917. The fourth-order valence-electron chi connectivity index (χ4n) is 5.11. The molecule has 4 amide bonds. The first-order valence-electron chi connectivity index (χ1n) is 10.6. The summed E-state index contributed by atoms with van der Waals surface area (Å²) >= 11 is 0. The van der Waals surface area contributed by atoms with Crippen LogP contribution in [0.2, 0.25) is 0 Å². The lowest BCUT2D eigenvalue weighted by Gasteiger charge is -2.51. The fourth-order valence-corrected chi connectivity index (χ4v) is 5.11. The lowest BCUT2D eigenvalue weighted by atomic mass is 9.67. The number of non-ortho nitro benzene ring substituents is 1. The third-order valence-corrected chi connectivity index (χ3v) is 6.61. The van der Waals surface area contributed by atoms with Crippen molar-refractivity contribution in [1.82, 2.24) is 10.2 Å². The van der Waals surface area contributed by atoms with Crippen molar-refractivity contribution >= 4 is 29.2 Å². The van der Waals surface area contributed by atoms with E-state index < -0.39 is 28.2 Å². The van der Waals surface area contributed by atoms with Gasteiger partial charge in [-0.25, -0.2) is 4.79 Å². The molecule has 3 aliphatic heterocycles. The van der Waals surface area contributed by atoms with E-state index in [1.165, 1.54) is 12.1 Å². The second-order valence-electron chi connectivity index (χ2n) is 8.35. The van der Waals surface area contributed by atoms with Crippen LogP contribution in [-0.4, -0.2) is 46.8 Å². The number of unbranched alkanes of at least 4 members (excludes halogenated alkanes) is 1. The number of imide groups is 2. The summed E-state index contributed by atoms with van der Waals surface area (Å²) in [5, 5.41) is 13.7. The molecule has 2 unspecified atom stereocenters. The largest absolute Gasteiger partial charge is 0.367 e. The number of rotatable bonds is 4. The number of nitro groups is 1. The topological polar surface area (TPSA) is 113 Å². The smallest absolute Gasteiger partial charge is 0.330 e. The lowest BCUT2D eigenvalue weighted by Crippen LogP contribution is -2.72. The number of fused-ring (bicyclic) bond motifs is 4. The van der Waals surface area contributed by atoms with Gasteiger partial charge in [0.25, 0.3) is 5.69 Å². The highest BCUT2D eigenvalue weighted by molar-refractivity contribution is 6.20. The SMILES string of the molecule is CCCCN1C(=O)NC(=O)C2(Cc3cc([N+](=O)[O-])ccc3N3CCCCCC32)C1=O. The van der Waals surface area contributed by atoms with E-state index in [0.717, 1.165) is 36.3 Å². The van der Waals surface area contributed by atoms with E-state index in [2.05, 4.69) is 10.2 Å². The van der Waals surface area contributed by atoms with Crippen LogP contribution in [-0.2, 0) is 16.0 Å². The number of nitro benzene ring substituents is 1. The van der Waals surface area contributed by atoms with E-state index in [4.69, 9.17) is 0 Å². The monoisotopic (exact) mass is 414 g/mol. The second kappa shape index (κ2) is 7.70. The van der Waals surface area contributed by atoms with Crippen LogP contribution in [0.4, 0.5) is 16.2 Å². The average molecular weight is 414 g/mol. The predicted octanol–water partition coefficient (Wildman–Crippen LogP) is 2.76. The Balaban J connectivity index is 1.85.